The lowest BCUT2D eigenvalue weighted by Crippen LogP contribution is -2.53. The summed E-state index contributed by atoms with van der Waals surface area (Å²) in [5, 5.41) is 1.16. The van der Waals surface area contributed by atoms with E-state index >= 15 is 0 Å². The van der Waals surface area contributed by atoms with E-state index in [0.29, 0.717) is 20.8 Å². The van der Waals surface area contributed by atoms with Crippen molar-refractivity contribution in [2.45, 2.75) is 29.3 Å². The highest BCUT2D eigenvalue weighted by Crippen LogP contribution is 2.34. The molecule has 3 aromatic rings. The predicted molar refractivity (Wildman–Crippen MR) is 128 cm³/mol. The highest BCUT2D eigenvalue weighted by Gasteiger charge is 2.42. The summed E-state index contributed by atoms with van der Waals surface area (Å²) in [4.78, 5) is 47.6. The van der Waals surface area contributed by atoms with E-state index in [1.165, 1.54) is 29.0 Å². The molecule has 0 radical (unpaired) electrons. The van der Waals surface area contributed by atoms with Crippen molar-refractivity contribution in [2.24, 2.45) is 0 Å². The second-order valence-electron chi connectivity index (χ2n) is 8.15. The van der Waals surface area contributed by atoms with Gasteiger partial charge in [-0.3, -0.25) is 9.59 Å². The molecule has 204 valence electrons. The Hall–Kier alpha value is -3.21. The van der Waals surface area contributed by atoms with Crippen molar-refractivity contribution in [2.75, 3.05) is 19.6 Å². The van der Waals surface area contributed by atoms with Crippen molar-refractivity contribution in [3.05, 3.63) is 47.5 Å². The Kier molecular flexibility index (Phi) is 7.96. The van der Waals surface area contributed by atoms with Gasteiger partial charge in [0, 0.05) is 29.2 Å². The minimum Gasteiger partial charge on any atom is -0.347 e. The van der Waals surface area contributed by atoms with Crippen LogP contribution < -0.4 is 5.48 Å². The lowest BCUT2D eigenvalue weighted by molar-refractivity contribution is -0.207. The highest BCUT2D eigenvalue weighted by atomic mass is 35.5. The van der Waals surface area contributed by atoms with Gasteiger partial charge in [-0.1, -0.05) is 17.7 Å². The number of nitrogens with zero attached hydrogens (tertiary/aromatic N) is 3. The first kappa shape index (κ1) is 27.8. The molecule has 1 fully saturated rings. The molecule has 0 bridgehead atoms. The van der Waals surface area contributed by atoms with Crippen molar-refractivity contribution < 1.29 is 40.8 Å². The monoisotopic (exact) mass is 593 g/mol. The van der Waals surface area contributed by atoms with Crippen molar-refractivity contribution in [1.29, 1.82) is 0 Å². The van der Waals surface area contributed by atoms with E-state index in [9.17, 15) is 36.0 Å². The molecule has 2 N–H and O–H groups in total. The number of fused-ring (bicyclic) bond motifs is 1. The van der Waals surface area contributed by atoms with Crippen LogP contribution in [0.4, 0.5) is 13.2 Å². The van der Waals surface area contributed by atoms with Gasteiger partial charge in [0.1, 0.15) is 4.21 Å². The minimum atomic E-state index is -5.28. The van der Waals surface area contributed by atoms with Crippen LogP contribution in [-0.2, 0) is 29.2 Å². The number of aromatic amines is 1. The molecule has 4 rings (SSSR count). The highest BCUT2D eigenvalue weighted by molar-refractivity contribution is 7.91. The molecule has 1 aliphatic rings. The largest absolute Gasteiger partial charge is 0.493 e. The fraction of sp³-hybridized carbons (Fsp3) is 0.333. The number of hydrogen-bond donors (Lipinski definition) is 2. The van der Waals surface area contributed by atoms with Crippen LogP contribution >= 0.6 is 22.9 Å². The van der Waals surface area contributed by atoms with E-state index in [1.807, 2.05) is 0 Å². The van der Waals surface area contributed by atoms with Gasteiger partial charge >= 0.3 is 12.1 Å². The average molecular weight is 594 g/mol. The van der Waals surface area contributed by atoms with Gasteiger partial charge in [-0.25, -0.2) is 18.2 Å². The summed E-state index contributed by atoms with van der Waals surface area (Å²) in [6.45, 7) is -0.524. The number of carbonyl (C=O) groups is 3. The van der Waals surface area contributed by atoms with Gasteiger partial charge in [0.05, 0.1) is 30.8 Å². The van der Waals surface area contributed by atoms with Gasteiger partial charge in [-0.2, -0.15) is 23.0 Å². The summed E-state index contributed by atoms with van der Waals surface area (Å²) in [6.07, 6.45) is -3.02. The third-order valence-corrected chi connectivity index (χ3v) is 9.29. The average Bonchev–Trinajstić information content (AvgIpc) is 3.53. The van der Waals surface area contributed by atoms with Crippen molar-refractivity contribution >= 4 is 60.8 Å². The van der Waals surface area contributed by atoms with Crippen LogP contribution in [-0.4, -0.2) is 71.2 Å². The van der Waals surface area contributed by atoms with Gasteiger partial charge in [0.2, 0.25) is 5.91 Å². The van der Waals surface area contributed by atoms with E-state index in [2.05, 4.69) is 14.8 Å². The van der Waals surface area contributed by atoms with Crippen LogP contribution in [0.3, 0.4) is 0 Å². The van der Waals surface area contributed by atoms with Crippen LogP contribution in [0.2, 0.25) is 5.02 Å². The number of hydroxylamine groups is 1. The molecule has 3 heterocycles. The predicted octanol–water partition coefficient (Wildman–Crippen LogP) is 2.77. The Bertz CT molecular complexity index is 1460. The van der Waals surface area contributed by atoms with Crippen LogP contribution in [0, 0.1) is 0 Å². The molecule has 17 heteroatoms. The molecule has 0 aliphatic carbocycles. The molecule has 1 saturated heterocycles. The van der Waals surface area contributed by atoms with Crippen LogP contribution in [0.25, 0.3) is 10.1 Å². The summed E-state index contributed by atoms with van der Waals surface area (Å²) in [6, 6.07) is 5.74. The second kappa shape index (κ2) is 10.9. The zero-order valence-corrected chi connectivity index (χ0v) is 21.6. The van der Waals surface area contributed by atoms with E-state index in [4.69, 9.17) is 11.6 Å². The minimum absolute atomic E-state index is 0.0247. The Morgan fingerprint density at radius 2 is 2.03 bits per heavy atom. The zero-order chi connectivity index (χ0) is 27.7. The molecule has 11 nitrogen and oxygen atoms in total. The molecule has 2 amide bonds. The maximum atomic E-state index is 13.2. The van der Waals surface area contributed by atoms with Gasteiger partial charge in [-0.05, 0) is 30.0 Å². The van der Waals surface area contributed by atoms with Crippen molar-refractivity contribution in [3.63, 3.8) is 0 Å². The fourth-order valence-corrected chi connectivity index (χ4v) is 7.05. The Morgan fingerprint density at radius 3 is 2.68 bits per heavy atom. The number of carbonyl (C=O) groups excluding carboxylic acids is 3. The normalized spacial score (nSPS) is 16.0. The number of benzene rings is 1. The SMILES string of the molecule is O=C(CCC(c1cnc[nH]1)N1CCN(S(=O)(=O)c2cc3ccc(Cl)cc3s2)CC1=O)NOC(=O)C(F)(F)F. The quantitative estimate of drug-likeness (QED) is 0.401. The topological polar surface area (TPSA) is 142 Å². The van der Waals surface area contributed by atoms with Gasteiger partial charge in [0.15, 0.2) is 0 Å². The molecule has 0 saturated carbocycles. The Morgan fingerprint density at radius 1 is 1.26 bits per heavy atom. The number of piperazine rings is 1. The number of amides is 2. The summed E-state index contributed by atoms with van der Waals surface area (Å²) in [5.41, 5.74) is 1.86. The molecule has 1 unspecified atom stereocenters. The lowest BCUT2D eigenvalue weighted by Gasteiger charge is -2.38. The van der Waals surface area contributed by atoms with Crippen molar-refractivity contribution in [1.82, 2.24) is 24.7 Å². The standard InChI is InChI=1S/C21H19ClF3N5O6S2/c22-13-2-1-12-7-19(37-16(12)8-13)38(34,35)29-5-6-30(18(32)10-29)15(14-9-26-11-27-14)3-4-17(31)28-36-20(33)21(23,24)25/h1-2,7-9,11,15H,3-6,10H2,(H,26,27)(H,28,31). The van der Waals surface area contributed by atoms with Gasteiger partial charge in [-0.15, -0.1) is 11.3 Å². The molecular formula is C21H19ClF3N5O6S2. The van der Waals surface area contributed by atoms with Crippen LogP contribution in [0.5, 0.6) is 0 Å². The van der Waals surface area contributed by atoms with E-state index in [1.54, 1.807) is 18.2 Å². The number of H-pyrrole nitrogens is 1. The zero-order valence-electron chi connectivity index (χ0n) is 19.2. The molecule has 1 aliphatic heterocycles. The number of sulfonamides is 1. The first-order valence-electron chi connectivity index (χ1n) is 10.9. The smallest absolute Gasteiger partial charge is 0.347 e. The number of thiophene rings is 1. The summed E-state index contributed by atoms with van der Waals surface area (Å²) in [5.74, 6) is -4.15. The van der Waals surface area contributed by atoms with E-state index in [-0.39, 0.29) is 23.7 Å². The van der Waals surface area contributed by atoms with Crippen LogP contribution in [0.15, 0.2) is 41.0 Å². The first-order valence-corrected chi connectivity index (χ1v) is 13.5. The summed E-state index contributed by atoms with van der Waals surface area (Å²) in [7, 11) is -3.99. The van der Waals surface area contributed by atoms with E-state index < -0.39 is 53.0 Å². The number of rotatable bonds is 7. The van der Waals surface area contributed by atoms with Gasteiger partial charge in [0.25, 0.3) is 15.9 Å². The first-order chi connectivity index (χ1) is 17.9. The Balaban J connectivity index is 1.43. The van der Waals surface area contributed by atoms with Crippen LogP contribution in [0.1, 0.15) is 24.6 Å². The molecule has 38 heavy (non-hydrogen) atoms. The maximum absolute atomic E-state index is 13.2. The number of hydrogen-bond acceptors (Lipinski definition) is 8. The third kappa shape index (κ3) is 6.09. The Labute approximate surface area is 222 Å². The number of nitrogens with one attached hydrogen (secondary N) is 2. The summed E-state index contributed by atoms with van der Waals surface area (Å²) < 4.78 is 65.0. The lowest BCUT2D eigenvalue weighted by atomic mass is 10.1. The molecular weight excluding hydrogens is 575 g/mol. The number of alkyl halides is 3. The molecule has 1 atom stereocenters. The van der Waals surface area contributed by atoms with Gasteiger partial charge < -0.3 is 14.7 Å². The van der Waals surface area contributed by atoms with Crippen molar-refractivity contribution in [3.8, 4) is 0 Å². The number of imidazole rings is 1. The number of halogens is 4. The third-order valence-electron chi connectivity index (χ3n) is 5.66. The second-order valence-corrected chi connectivity index (χ2v) is 11.8. The molecule has 0 spiro atoms. The maximum Gasteiger partial charge on any atom is 0.493 e. The molecule has 1 aromatic carbocycles. The fourth-order valence-electron chi connectivity index (χ4n) is 3.84. The molecule has 2 aromatic heterocycles. The van der Waals surface area contributed by atoms with E-state index in [0.717, 1.165) is 15.6 Å². The summed E-state index contributed by atoms with van der Waals surface area (Å²) >= 11 is 7.03. The number of aromatic nitrogens is 2.